The number of nitrogens with zero attached hydrogens (tertiary/aromatic N) is 1. The molecule has 2 amide bonds. The van der Waals surface area contributed by atoms with Gasteiger partial charge in [-0.3, -0.25) is 9.59 Å². The summed E-state index contributed by atoms with van der Waals surface area (Å²) in [5.74, 6) is -0.244. The highest BCUT2D eigenvalue weighted by Crippen LogP contribution is 2.13. The van der Waals surface area contributed by atoms with Gasteiger partial charge in [0, 0.05) is 24.3 Å². The Morgan fingerprint density at radius 2 is 1.95 bits per heavy atom. The Morgan fingerprint density at radius 1 is 1.30 bits per heavy atom. The molecule has 3 N–H and O–H groups in total. The van der Waals surface area contributed by atoms with Crippen LogP contribution in [0.2, 0.25) is 0 Å². The minimum absolute atomic E-state index is 0.0102. The largest absolute Gasteiger partial charge is 0.399 e. The summed E-state index contributed by atoms with van der Waals surface area (Å²) in [5.41, 5.74) is 7.66. The first-order valence-electron chi connectivity index (χ1n) is 6.95. The molecule has 0 aliphatic carbocycles. The van der Waals surface area contributed by atoms with Gasteiger partial charge in [0.05, 0.1) is 0 Å². The molecule has 1 atom stereocenters. The molecule has 0 aromatic heterocycles. The van der Waals surface area contributed by atoms with Gasteiger partial charge in [0.2, 0.25) is 5.91 Å². The van der Waals surface area contributed by atoms with E-state index >= 15 is 0 Å². The number of aryl methyl sites for hydroxylation is 1. The number of amides is 2. The average Bonchev–Trinajstić information content (AvgIpc) is 2.91. The maximum Gasteiger partial charge on any atom is 0.252 e. The van der Waals surface area contributed by atoms with E-state index in [-0.39, 0.29) is 11.8 Å². The summed E-state index contributed by atoms with van der Waals surface area (Å²) >= 11 is 0. The molecular weight excluding hydrogens is 254 g/mol. The fourth-order valence-electron chi connectivity index (χ4n) is 2.49. The summed E-state index contributed by atoms with van der Waals surface area (Å²) < 4.78 is 0. The van der Waals surface area contributed by atoms with Crippen molar-refractivity contribution < 1.29 is 9.59 Å². The minimum atomic E-state index is -0.502. The average molecular weight is 275 g/mol. The van der Waals surface area contributed by atoms with Gasteiger partial charge in [0.1, 0.15) is 6.04 Å². The van der Waals surface area contributed by atoms with Crippen LogP contribution in [0.25, 0.3) is 0 Å². The Bertz CT molecular complexity index is 522. The van der Waals surface area contributed by atoms with Gasteiger partial charge in [0.15, 0.2) is 0 Å². The second kappa shape index (κ2) is 5.94. The van der Waals surface area contributed by atoms with Crippen LogP contribution in [0.4, 0.5) is 5.69 Å². The number of hydrogen-bond donors (Lipinski definition) is 2. The molecule has 5 nitrogen and oxygen atoms in total. The van der Waals surface area contributed by atoms with Crippen molar-refractivity contribution in [1.82, 2.24) is 10.2 Å². The number of hydrogen-bond acceptors (Lipinski definition) is 3. The molecule has 1 aromatic carbocycles. The number of nitrogens with one attached hydrogen (secondary N) is 1. The molecule has 0 bridgehead atoms. The van der Waals surface area contributed by atoms with E-state index in [1.165, 1.54) is 0 Å². The van der Waals surface area contributed by atoms with Gasteiger partial charge in [0.25, 0.3) is 5.91 Å². The molecular formula is C15H21N3O2. The van der Waals surface area contributed by atoms with Crippen molar-refractivity contribution in [1.29, 1.82) is 0 Å². The van der Waals surface area contributed by atoms with Crippen LogP contribution >= 0.6 is 0 Å². The van der Waals surface area contributed by atoms with Gasteiger partial charge in [-0.25, -0.2) is 0 Å². The predicted molar refractivity (Wildman–Crippen MR) is 78.3 cm³/mol. The van der Waals surface area contributed by atoms with Gasteiger partial charge in [-0.05, 0) is 50.5 Å². The molecule has 1 fully saturated rings. The van der Waals surface area contributed by atoms with Crippen LogP contribution in [0.3, 0.4) is 0 Å². The van der Waals surface area contributed by atoms with E-state index in [9.17, 15) is 9.59 Å². The number of likely N-dealkylation sites (tertiary alicyclic amines) is 1. The van der Waals surface area contributed by atoms with E-state index in [0.29, 0.717) is 11.3 Å². The van der Waals surface area contributed by atoms with E-state index in [2.05, 4.69) is 5.32 Å². The second-order valence-electron chi connectivity index (χ2n) is 5.30. The van der Waals surface area contributed by atoms with E-state index < -0.39 is 6.04 Å². The first-order chi connectivity index (χ1) is 9.49. The second-order valence-corrected chi connectivity index (χ2v) is 5.30. The summed E-state index contributed by atoms with van der Waals surface area (Å²) in [4.78, 5) is 26.1. The Hall–Kier alpha value is -2.04. The fourth-order valence-corrected chi connectivity index (χ4v) is 2.49. The molecule has 1 aliphatic rings. The molecule has 0 spiro atoms. The van der Waals surface area contributed by atoms with E-state index in [1.807, 2.05) is 6.92 Å². The summed E-state index contributed by atoms with van der Waals surface area (Å²) in [6.45, 7) is 5.14. The third-order valence-electron chi connectivity index (χ3n) is 3.63. The van der Waals surface area contributed by atoms with Crippen molar-refractivity contribution in [2.75, 3.05) is 18.8 Å². The molecule has 2 rings (SSSR count). The first-order valence-corrected chi connectivity index (χ1v) is 6.95. The maximum atomic E-state index is 12.2. The summed E-state index contributed by atoms with van der Waals surface area (Å²) in [6, 6.07) is 4.63. The van der Waals surface area contributed by atoms with Gasteiger partial charge in [-0.1, -0.05) is 0 Å². The zero-order chi connectivity index (χ0) is 14.7. The van der Waals surface area contributed by atoms with Crippen molar-refractivity contribution in [3.63, 3.8) is 0 Å². The standard InChI is InChI=1S/C15H21N3O2/c1-10-9-12(16)5-6-13(10)14(19)17-11(2)15(20)18-7-3-4-8-18/h5-6,9,11H,3-4,7-8,16H2,1-2H3,(H,17,19). The number of nitrogen functional groups attached to an aromatic ring is 1. The Morgan fingerprint density at radius 3 is 2.55 bits per heavy atom. The zero-order valence-corrected chi connectivity index (χ0v) is 12.0. The lowest BCUT2D eigenvalue weighted by Crippen LogP contribution is -2.46. The van der Waals surface area contributed by atoms with Crippen LogP contribution in [0.15, 0.2) is 18.2 Å². The third kappa shape index (κ3) is 3.10. The summed E-state index contributed by atoms with van der Waals surface area (Å²) in [7, 11) is 0. The van der Waals surface area contributed by atoms with Gasteiger partial charge < -0.3 is 16.0 Å². The lowest BCUT2D eigenvalue weighted by molar-refractivity contribution is -0.131. The molecule has 108 valence electrons. The van der Waals surface area contributed by atoms with Crippen LogP contribution in [-0.4, -0.2) is 35.8 Å². The fraction of sp³-hybridized carbons (Fsp3) is 0.467. The maximum absolute atomic E-state index is 12.2. The molecule has 1 aromatic rings. The van der Waals surface area contributed by atoms with Gasteiger partial charge >= 0.3 is 0 Å². The SMILES string of the molecule is Cc1cc(N)ccc1C(=O)NC(C)C(=O)N1CCCC1. The molecule has 1 heterocycles. The number of carbonyl (C=O) groups excluding carboxylic acids is 2. The number of benzene rings is 1. The molecule has 1 unspecified atom stereocenters. The molecule has 0 saturated carbocycles. The highest BCUT2D eigenvalue weighted by Gasteiger charge is 2.24. The van der Waals surface area contributed by atoms with Crippen LogP contribution < -0.4 is 11.1 Å². The Kier molecular flexibility index (Phi) is 4.27. The van der Waals surface area contributed by atoms with Crippen LogP contribution in [0.5, 0.6) is 0 Å². The first kappa shape index (κ1) is 14.4. The monoisotopic (exact) mass is 275 g/mol. The lowest BCUT2D eigenvalue weighted by atomic mass is 10.1. The highest BCUT2D eigenvalue weighted by atomic mass is 16.2. The van der Waals surface area contributed by atoms with Crippen molar-refractivity contribution in [2.24, 2.45) is 0 Å². The summed E-state index contributed by atoms with van der Waals surface area (Å²) in [6.07, 6.45) is 2.09. The molecule has 20 heavy (non-hydrogen) atoms. The third-order valence-corrected chi connectivity index (χ3v) is 3.63. The Balaban J connectivity index is 2.01. The molecule has 5 heteroatoms. The molecule has 1 aliphatic heterocycles. The van der Waals surface area contributed by atoms with Gasteiger partial charge in [-0.15, -0.1) is 0 Å². The number of carbonyl (C=O) groups is 2. The zero-order valence-electron chi connectivity index (χ0n) is 12.0. The van der Waals surface area contributed by atoms with Crippen LogP contribution in [-0.2, 0) is 4.79 Å². The van der Waals surface area contributed by atoms with Crippen LogP contribution in [0, 0.1) is 6.92 Å². The van der Waals surface area contributed by atoms with Gasteiger partial charge in [-0.2, -0.15) is 0 Å². The molecule has 0 radical (unpaired) electrons. The quantitative estimate of drug-likeness (QED) is 0.817. The number of nitrogens with two attached hydrogens (primary N) is 1. The van der Waals surface area contributed by atoms with E-state index in [1.54, 1.807) is 30.0 Å². The Labute approximate surface area is 119 Å². The van der Waals surface area contributed by atoms with Crippen molar-refractivity contribution in [3.05, 3.63) is 29.3 Å². The topological polar surface area (TPSA) is 75.4 Å². The summed E-state index contributed by atoms with van der Waals surface area (Å²) in [5, 5.41) is 2.76. The molecule has 1 saturated heterocycles. The lowest BCUT2D eigenvalue weighted by Gasteiger charge is -2.21. The van der Waals surface area contributed by atoms with Crippen molar-refractivity contribution in [3.8, 4) is 0 Å². The smallest absolute Gasteiger partial charge is 0.252 e. The highest BCUT2D eigenvalue weighted by molar-refractivity contribution is 5.98. The van der Waals surface area contributed by atoms with E-state index in [0.717, 1.165) is 31.5 Å². The number of anilines is 1. The normalized spacial score (nSPS) is 16.0. The minimum Gasteiger partial charge on any atom is -0.399 e. The van der Waals surface area contributed by atoms with Crippen LogP contribution in [0.1, 0.15) is 35.7 Å². The number of rotatable bonds is 3. The van der Waals surface area contributed by atoms with Crippen molar-refractivity contribution in [2.45, 2.75) is 32.7 Å². The predicted octanol–water partition coefficient (Wildman–Crippen LogP) is 1.32. The van der Waals surface area contributed by atoms with Crippen molar-refractivity contribution >= 4 is 17.5 Å². The van der Waals surface area contributed by atoms with E-state index in [4.69, 9.17) is 5.73 Å².